The van der Waals surface area contributed by atoms with E-state index in [1.54, 1.807) is 45.6 Å². The largest absolute Gasteiger partial charge is 0.497 e. The second-order valence-corrected chi connectivity index (χ2v) is 25.4. The van der Waals surface area contributed by atoms with E-state index in [2.05, 4.69) is 102 Å². The molecule has 0 saturated carbocycles. The van der Waals surface area contributed by atoms with Crippen LogP contribution in [-0.2, 0) is 48.2 Å². The maximum absolute atomic E-state index is 12.9. The van der Waals surface area contributed by atoms with Gasteiger partial charge in [-0.15, -0.1) is 0 Å². The average Bonchev–Trinajstić information content (AvgIpc) is 1.46. The molecule has 4 aliphatic heterocycles. The van der Waals surface area contributed by atoms with Crippen LogP contribution in [0.15, 0.2) is 170 Å². The highest BCUT2D eigenvalue weighted by atomic mass is 16.6. The van der Waals surface area contributed by atoms with Gasteiger partial charge < -0.3 is 52.5 Å². The number of aliphatic hydroxyl groups is 1. The van der Waals surface area contributed by atoms with Crippen molar-refractivity contribution in [1.82, 2.24) is 0 Å². The zero-order valence-corrected chi connectivity index (χ0v) is 55.7. The zero-order valence-electron chi connectivity index (χ0n) is 55.7. The lowest BCUT2D eigenvalue weighted by Gasteiger charge is -2.38. The summed E-state index contributed by atoms with van der Waals surface area (Å²) in [7, 11) is 5.19. The Balaban J connectivity index is 0.000000262. The number of hydrogen-bond acceptors (Lipinski definition) is 13. The van der Waals surface area contributed by atoms with E-state index in [0.29, 0.717) is 61.7 Å². The molecule has 0 spiro atoms. The lowest BCUT2D eigenvalue weighted by Crippen LogP contribution is -2.38. The maximum atomic E-state index is 12.9. The van der Waals surface area contributed by atoms with Gasteiger partial charge in [-0.25, -0.2) is 9.59 Å². The quantitative estimate of drug-likeness (QED) is 0.0202. The van der Waals surface area contributed by atoms with Crippen LogP contribution in [0.5, 0.6) is 5.75 Å². The van der Waals surface area contributed by atoms with Gasteiger partial charge in [0, 0.05) is 65.0 Å². The summed E-state index contributed by atoms with van der Waals surface area (Å²) in [5.74, 6) is 1.32. The van der Waals surface area contributed by atoms with E-state index in [9.17, 15) is 14.7 Å². The molecule has 0 amide bonds. The van der Waals surface area contributed by atoms with Crippen molar-refractivity contribution in [2.45, 2.75) is 210 Å². The number of benzene rings is 5. The van der Waals surface area contributed by atoms with E-state index in [1.165, 1.54) is 0 Å². The minimum atomic E-state index is -0.799. The smallest absolute Gasteiger partial charge is 0.338 e. The Bertz CT molecular complexity index is 2920. The summed E-state index contributed by atoms with van der Waals surface area (Å²) in [4.78, 5) is 25.5. The molecule has 2 unspecified atom stereocenters. The first-order valence-electron chi connectivity index (χ1n) is 33.8. The van der Waals surface area contributed by atoms with Gasteiger partial charge >= 0.3 is 11.9 Å². The highest BCUT2D eigenvalue weighted by Crippen LogP contribution is 2.45. The molecule has 4 heterocycles. The first-order valence-corrected chi connectivity index (χ1v) is 33.8. The predicted octanol–water partition coefficient (Wildman–Crippen LogP) is 15.7. The topological polar surface area (TPSA) is 147 Å². The fraction of sp³-hybridized carbons (Fsp3) is 0.538. The second kappa shape index (κ2) is 35.3. The molecule has 1 N–H and O–H groups in total. The summed E-state index contributed by atoms with van der Waals surface area (Å²) in [6.45, 7) is 22.5. The Morgan fingerprint density at radius 2 is 0.934 bits per heavy atom. The molecule has 9 rings (SSSR count). The number of ether oxygens (including phenoxy) is 10. The van der Waals surface area contributed by atoms with Crippen LogP contribution in [0.25, 0.3) is 0 Å². The summed E-state index contributed by atoms with van der Waals surface area (Å²) in [5, 5.41) is 9.24. The highest BCUT2D eigenvalue weighted by Gasteiger charge is 2.49. The van der Waals surface area contributed by atoms with E-state index < -0.39 is 5.60 Å². The summed E-state index contributed by atoms with van der Waals surface area (Å²) in [5.41, 5.74) is 5.76. The van der Waals surface area contributed by atoms with Crippen molar-refractivity contribution >= 4 is 11.9 Å². The molecular weight excluding hydrogens is 1140 g/mol. The van der Waals surface area contributed by atoms with Crippen molar-refractivity contribution in [3.05, 3.63) is 198 Å². The van der Waals surface area contributed by atoms with E-state index in [-0.39, 0.29) is 104 Å². The predicted molar refractivity (Wildman–Crippen MR) is 357 cm³/mol. The van der Waals surface area contributed by atoms with Crippen LogP contribution in [0, 0.1) is 23.7 Å². The highest BCUT2D eigenvalue weighted by molar-refractivity contribution is 5.90. The summed E-state index contributed by atoms with van der Waals surface area (Å²) in [6.07, 6.45) is 10.0. The summed E-state index contributed by atoms with van der Waals surface area (Å²) in [6, 6.07) is 47.4. The normalized spacial score (nSPS) is 27.3. The van der Waals surface area contributed by atoms with Crippen molar-refractivity contribution in [3.63, 3.8) is 0 Å². The number of hydrogen-bond donors (Lipinski definition) is 1. The Labute approximate surface area is 543 Å². The molecule has 91 heavy (non-hydrogen) atoms. The van der Waals surface area contributed by atoms with Gasteiger partial charge in [0.25, 0.3) is 0 Å². The molecule has 13 nitrogen and oxygen atoms in total. The molecule has 0 bridgehead atoms. The van der Waals surface area contributed by atoms with Crippen LogP contribution in [0.4, 0.5) is 0 Å². The Morgan fingerprint density at radius 1 is 0.538 bits per heavy atom. The molecule has 16 atom stereocenters. The molecule has 13 heteroatoms. The lowest BCUT2D eigenvalue weighted by molar-refractivity contribution is -0.0787. The number of esters is 2. The number of carbonyl (C=O) groups excluding carboxylic acids is 2. The van der Waals surface area contributed by atoms with Gasteiger partial charge in [0.2, 0.25) is 0 Å². The average molecular weight is 1250 g/mol. The third-order valence-corrected chi connectivity index (χ3v) is 19.6. The van der Waals surface area contributed by atoms with Gasteiger partial charge in [0.1, 0.15) is 23.6 Å². The van der Waals surface area contributed by atoms with Gasteiger partial charge in [-0.05, 0) is 140 Å². The summed E-state index contributed by atoms with van der Waals surface area (Å²) < 4.78 is 63.2. The molecule has 5 aromatic rings. The monoisotopic (exact) mass is 1250 g/mol. The molecule has 4 aliphatic rings. The fourth-order valence-electron chi connectivity index (χ4n) is 14.4. The third-order valence-electron chi connectivity index (χ3n) is 19.6. The first kappa shape index (κ1) is 70.9. The molecular formula is C78H104O13. The SMILES string of the molecule is C=C1C(C[C@@H]2O[C@H](C[C@@H](CC)OC(=O)c3ccccc3)[C@H](OC)[C@H]2CC)O[C@@H](CCCO)C[C@H]1C.C=C1C(C[C@@H]2O[C@H](C[C@@H](CC)OC(=O)c3ccccc3)[C@H](OC)[C@H]2CC)O[C@@H](CCCOC(c2ccccc2)(c2ccccc2)c2ccc(OC)cc2)C[C@H]1C. The van der Waals surface area contributed by atoms with Crippen LogP contribution < -0.4 is 4.74 Å². The standard InChI is InChI=1S/C49H60O7.C29H44O6/c1-7-40(55-48(50)36-19-12-9-13-20-36)32-46-47(52-6)43(8-2)45(56-46)33-44-35(4)34(3)31-42(54-44)25-18-30-53-49(37-21-14-10-15-22-37,38-23-16-11-17-24-38)39-26-28-41(51-5)29-27-39;1-6-22(34-29(31)21-12-9-8-10-13-21)17-27-28(32-5)24(7-2)26(35-27)18-25-20(4)19(3)16-23(33-25)14-11-15-30/h9-17,19-24,26-29,34,40,42-47H,4,7-8,18,25,30-33H2,1-3,5-6H3;8-10,12-13,19,22-28,30H,4,6-7,11,14-18H2,1-3,5H3/t34-,40-,42+,43+,44?,45+,46-,47-;19-,22-,23+,24+,25?,26+,27-,28-/m11/s1. The molecule has 4 saturated heterocycles. The number of aliphatic hydroxyl groups excluding tert-OH is 1. The summed E-state index contributed by atoms with van der Waals surface area (Å²) >= 11 is 0. The molecule has 0 aromatic heterocycles. The second-order valence-electron chi connectivity index (χ2n) is 25.4. The van der Waals surface area contributed by atoms with Crippen molar-refractivity contribution in [2.75, 3.05) is 34.5 Å². The Hall–Kier alpha value is -6.00. The Morgan fingerprint density at radius 3 is 1.31 bits per heavy atom. The molecule has 5 aromatic carbocycles. The van der Waals surface area contributed by atoms with Gasteiger partial charge in [0.05, 0.1) is 79.3 Å². The van der Waals surface area contributed by atoms with Crippen molar-refractivity contribution < 1.29 is 62.1 Å². The van der Waals surface area contributed by atoms with Gasteiger partial charge in [0.15, 0.2) is 0 Å². The van der Waals surface area contributed by atoms with E-state index >= 15 is 0 Å². The van der Waals surface area contributed by atoms with Gasteiger partial charge in [-0.2, -0.15) is 0 Å². The zero-order chi connectivity index (χ0) is 64.9. The third kappa shape index (κ3) is 18.2. The van der Waals surface area contributed by atoms with Crippen LogP contribution in [-0.4, -0.2) is 125 Å². The van der Waals surface area contributed by atoms with Gasteiger partial charge in [-0.1, -0.05) is 164 Å². The van der Waals surface area contributed by atoms with Crippen LogP contribution >= 0.6 is 0 Å². The van der Waals surface area contributed by atoms with E-state index in [1.807, 2.05) is 74.5 Å². The first-order chi connectivity index (χ1) is 44.2. The van der Waals surface area contributed by atoms with Crippen molar-refractivity contribution in [1.29, 1.82) is 0 Å². The number of methoxy groups -OCH3 is 3. The number of rotatable bonds is 30. The van der Waals surface area contributed by atoms with Gasteiger partial charge in [-0.3, -0.25) is 0 Å². The lowest BCUT2D eigenvalue weighted by atomic mass is 9.80. The maximum Gasteiger partial charge on any atom is 0.338 e. The van der Waals surface area contributed by atoms with Crippen LogP contribution in [0.2, 0.25) is 0 Å². The Kier molecular flexibility index (Phi) is 27.5. The van der Waals surface area contributed by atoms with Crippen molar-refractivity contribution in [2.24, 2.45) is 23.7 Å². The number of carbonyl (C=O) groups is 2. The molecule has 4 fully saturated rings. The minimum Gasteiger partial charge on any atom is -0.497 e. The van der Waals surface area contributed by atoms with E-state index in [0.717, 1.165) is 91.4 Å². The van der Waals surface area contributed by atoms with Crippen LogP contribution in [0.1, 0.15) is 169 Å². The fourth-order valence-corrected chi connectivity index (χ4v) is 14.4. The van der Waals surface area contributed by atoms with Crippen molar-refractivity contribution in [3.8, 4) is 5.75 Å². The van der Waals surface area contributed by atoms with Crippen LogP contribution in [0.3, 0.4) is 0 Å². The minimum absolute atomic E-state index is 0.0113. The molecule has 0 aliphatic carbocycles. The molecule has 0 radical (unpaired) electrons. The molecule has 494 valence electrons. The van der Waals surface area contributed by atoms with E-state index in [4.69, 9.17) is 47.4 Å².